The standard InChI is InChI=1S/C40H42N4O4S3/c1-27(2)35-37(46)48-31(23-33(45)41-24-34-42-32(25-49-34)36-44-39(3,26-50-36)38(47)43-35)21-13-14-22-51-40(28-15-7-4-8-16-28,29-17-9-5-10-18-29)30-19-11-6-12-20-30/h4-13,15-21,25,27,31,35H,14,22-24,26H2,1-3H3,(H,41,45)(H,43,47)/t31?,35?,39-/m0/s1. The van der Waals surface area contributed by atoms with Crippen molar-refractivity contribution in [3.63, 3.8) is 0 Å². The number of ether oxygens (including phenoxy) is 1. The molecule has 0 saturated carbocycles. The minimum Gasteiger partial charge on any atom is -0.456 e. The maximum Gasteiger partial charge on any atom is 0.329 e. The Morgan fingerprint density at radius 1 is 0.961 bits per heavy atom. The van der Waals surface area contributed by atoms with Crippen LogP contribution in [0.1, 0.15) is 61.0 Å². The lowest BCUT2D eigenvalue weighted by molar-refractivity contribution is -0.153. The van der Waals surface area contributed by atoms with Crippen molar-refractivity contribution >= 4 is 57.7 Å². The van der Waals surface area contributed by atoms with Gasteiger partial charge in [-0.1, -0.05) is 111 Å². The SMILES string of the molecule is CC(C)C1NC(=O)[C@]2(C)CSC(=N2)c2csc(n2)CNC(=O)CC(C=CCCSC(c2ccccc2)(c2ccccc2)c2ccccc2)OC1=O. The second-order valence-corrected chi connectivity index (χ2v) is 16.3. The lowest BCUT2D eigenvalue weighted by atomic mass is 9.84. The third-order valence-corrected chi connectivity index (χ3v) is 12.6. The van der Waals surface area contributed by atoms with Gasteiger partial charge in [0, 0.05) is 11.1 Å². The minimum absolute atomic E-state index is 0.0609. The Kier molecular flexibility index (Phi) is 11.8. The number of thiazole rings is 1. The van der Waals surface area contributed by atoms with Crippen molar-refractivity contribution in [1.82, 2.24) is 15.6 Å². The van der Waals surface area contributed by atoms with Gasteiger partial charge >= 0.3 is 5.97 Å². The van der Waals surface area contributed by atoms with Gasteiger partial charge in [-0.25, -0.2) is 9.78 Å². The first-order chi connectivity index (χ1) is 24.7. The predicted octanol–water partition coefficient (Wildman–Crippen LogP) is 7.14. The van der Waals surface area contributed by atoms with Crippen molar-refractivity contribution in [3.05, 3.63) is 136 Å². The number of nitrogens with one attached hydrogen (secondary N) is 2. The van der Waals surface area contributed by atoms with Crippen LogP contribution in [0.4, 0.5) is 0 Å². The molecule has 0 spiro atoms. The van der Waals surface area contributed by atoms with Gasteiger partial charge < -0.3 is 15.4 Å². The fraction of sp³-hybridized carbons (Fsp3) is 0.325. The quantitative estimate of drug-likeness (QED) is 0.0814. The van der Waals surface area contributed by atoms with Gasteiger partial charge in [-0.05, 0) is 47.8 Å². The smallest absolute Gasteiger partial charge is 0.329 e. The summed E-state index contributed by atoms with van der Waals surface area (Å²) >= 11 is 4.73. The Labute approximate surface area is 312 Å². The van der Waals surface area contributed by atoms with Crippen LogP contribution in [0.15, 0.2) is 114 Å². The maximum absolute atomic E-state index is 13.6. The summed E-state index contributed by atoms with van der Waals surface area (Å²) in [6.07, 6.45) is 3.55. The van der Waals surface area contributed by atoms with Crippen LogP contribution in [-0.2, 0) is 30.4 Å². The molecule has 2 amide bonds. The molecule has 3 aromatic carbocycles. The van der Waals surface area contributed by atoms with Gasteiger partial charge in [-0.3, -0.25) is 14.6 Å². The fourth-order valence-electron chi connectivity index (χ4n) is 6.13. The normalized spacial score (nSPS) is 21.6. The highest BCUT2D eigenvalue weighted by molar-refractivity contribution is 8.14. The number of hydrogen-bond donors (Lipinski definition) is 2. The average Bonchev–Trinajstić information content (AvgIpc) is 3.79. The molecule has 2 aliphatic heterocycles. The summed E-state index contributed by atoms with van der Waals surface area (Å²) in [5, 5.41) is 9.14. The van der Waals surface area contributed by atoms with E-state index >= 15 is 0 Å². The first-order valence-corrected chi connectivity index (χ1v) is 20.0. The zero-order valence-electron chi connectivity index (χ0n) is 28.9. The number of benzene rings is 3. The summed E-state index contributed by atoms with van der Waals surface area (Å²) in [5.74, 6) is -0.264. The van der Waals surface area contributed by atoms with Gasteiger partial charge in [0.05, 0.1) is 17.7 Å². The molecule has 6 rings (SSSR count). The number of cyclic esters (lactones) is 1. The van der Waals surface area contributed by atoms with E-state index in [1.807, 2.05) is 55.3 Å². The molecule has 0 radical (unpaired) electrons. The molecule has 2 N–H and O–H groups in total. The number of thioether (sulfide) groups is 2. The Hall–Kier alpha value is -4.19. The van der Waals surface area contributed by atoms with Gasteiger partial charge in [0.1, 0.15) is 33.4 Å². The number of esters is 1. The zero-order valence-corrected chi connectivity index (χ0v) is 31.4. The highest BCUT2D eigenvalue weighted by Crippen LogP contribution is 2.48. The molecular weight excluding hydrogens is 697 g/mol. The van der Waals surface area contributed by atoms with Crippen LogP contribution in [0.5, 0.6) is 0 Å². The summed E-state index contributed by atoms with van der Waals surface area (Å²) in [6, 6.07) is 30.7. The number of aromatic nitrogens is 1. The molecule has 0 fully saturated rings. The first-order valence-electron chi connectivity index (χ1n) is 17.1. The second kappa shape index (κ2) is 16.4. The highest BCUT2D eigenvalue weighted by Gasteiger charge is 2.42. The monoisotopic (exact) mass is 738 g/mol. The molecule has 4 aromatic rings. The van der Waals surface area contributed by atoms with E-state index in [0.29, 0.717) is 22.9 Å². The summed E-state index contributed by atoms with van der Waals surface area (Å²) < 4.78 is 5.52. The van der Waals surface area contributed by atoms with Crippen molar-refractivity contribution in [2.24, 2.45) is 10.9 Å². The Morgan fingerprint density at radius 3 is 2.16 bits per heavy atom. The van der Waals surface area contributed by atoms with E-state index in [9.17, 15) is 14.4 Å². The molecule has 8 nitrogen and oxygen atoms in total. The number of carbonyl (C=O) groups excluding carboxylic acids is 3. The van der Waals surface area contributed by atoms with E-state index in [2.05, 4.69) is 88.4 Å². The number of rotatable bonds is 9. The van der Waals surface area contributed by atoms with Crippen molar-refractivity contribution in [1.29, 1.82) is 0 Å². The molecule has 1 aromatic heterocycles. The Morgan fingerprint density at radius 2 is 1.57 bits per heavy atom. The molecule has 4 bridgehead atoms. The van der Waals surface area contributed by atoms with Crippen LogP contribution in [-0.4, -0.2) is 57.0 Å². The van der Waals surface area contributed by atoms with E-state index < -0.39 is 28.4 Å². The lowest BCUT2D eigenvalue weighted by Gasteiger charge is -2.35. The van der Waals surface area contributed by atoms with E-state index in [4.69, 9.17) is 9.73 Å². The summed E-state index contributed by atoms with van der Waals surface area (Å²) in [6.45, 7) is 5.73. The van der Waals surface area contributed by atoms with Gasteiger partial charge in [-0.2, -0.15) is 0 Å². The van der Waals surface area contributed by atoms with E-state index in [0.717, 1.165) is 10.8 Å². The molecule has 51 heavy (non-hydrogen) atoms. The number of allylic oxidation sites excluding steroid dienone is 1. The molecule has 3 heterocycles. The summed E-state index contributed by atoms with van der Waals surface area (Å²) in [5.41, 5.74) is 3.18. The number of amides is 2. The molecule has 2 unspecified atom stereocenters. The second-order valence-electron chi connectivity index (χ2n) is 13.1. The number of fused-ring (bicyclic) bond motifs is 4. The Bertz CT molecular complexity index is 1780. The largest absolute Gasteiger partial charge is 0.456 e. The minimum atomic E-state index is -1.05. The average molecular weight is 739 g/mol. The fourth-order valence-corrected chi connectivity index (χ4v) is 9.52. The third-order valence-electron chi connectivity index (χ3n) is 8.89. The van der Waals surface area contributed by atoms with Crippen molar-refractivity contribution in [2.75, 3.05) is 11.5 Å². The van der Waals surface area contributed by atoms with Crippen LogP contribution in [0.3, 0.4) is 0 Å². The van der Waals surface area contributed by atoms with Gasteiger partial charge in [0.2, 0.25) is 11.8 Å². The molecule has 0 saturated heterocycles. The molecule has 0 aliphatic carbocycles. The third kappa shape index (κ3) is 8.48. The first kappa shape index (κ1) is 36.6. The zero-order chi connectivity index (χ0) is 35.8. The van der Waals surface area contributed by atoms with Gasteiger partial charge in [-0.15, -0.1) is 34.9 Å². The van der Waals surface area contributed by atoms with Crippen LogP contribution in [0.25, 0.3) is 0 Å². The van der Waals surface area contributed by atoms with Gasteiger partial charge in [0.15, 0.2) is 0 Å². The van der Waals surface area contributed by atoms with Crippen LogP contribution in [0, 0.1) is 5.92 Å². The Balaban J connectivity index is 1.23. The van der Waals surface area contributed by atoms with E-state index in [1.54, 1.807) is 13.0 Å². The van der Waals surface area contributed by atoms with Crippen LogP contribution >= 0.6 is 34.9 Å². The molecule has 264 valence electrons. The molecule has 11 heteroatoms. The molecule has 3 atom stereocenters. The predicted molar refractivity (Wildman–Crippen MR) is 208 cm³/mol. The lowest BCUT2D eigenvalue weighted by Crippen LogP contribution is -2.53. The van der Waals surface area contributed by atoms with E-state index in [1.165, 1.54) is 39.8 Å². The van der Waals surface area contributed by atoms with Crippen molar-refractivity contribution in [3.8, 4) is 0 Å². The molecule has 2 aliphatic rings. The summed E-state index contributed by atoms with van der Waals surface area (Å²) in [4.78, 5) is 49.7. The molecular formula is C40H42N4O4S3. The van der Waals surface area contributed by atoms with Crippen molar-refractivity contribution < 1.29 is 19.1 Å². The number of carbonyl (C=O) groups is 3. The van der Waals surface area contributed by atoms with E-state index in [-0.39, 0.29) is 30.7 Å². The van der Waals surface area contributed by atoms with Crippen molar-refractivity contribution in [2.45, 2.75) is 62.6 Å². The maximum atomic E-state index is 13.6. The number of hydrogen-bond acceptors (Lipinski definition) is 9. The van der Waals surface area contributed by atoms with Gasteiger partial charge in [0.25, 0.3) is 0 Å². The number of nitrogens with zero attached hydrogens (tertiary/aromatic N) is 2. The van der Waals surface area contributed by atoms with Crippen LogP contribution in [0.2, 0.25) is 0 Å². The summed E-state index contributed by atoms with van der Waals surface area (Å²) in [7, 11) is 0. The van der Waals surface area contributed by atoms with Crippen LogP contribution < -0.4 is 10.6 Å². The highest BCUT2D eigenvalue weighted by atomic mass is 32.2. The number of aliphatic imine (C=N–C) groups is 1. The topological polar surface area (TPSA) is 110 Å².